The minimum absolute atomic E-state index is 0.205. The molecule has 0 aliphatic carbocycles. The molecule has 2 rings (SSSR count). The number of nitrogens with zero attached hydrogens (tertiary/aromatic N) is 2. The number of benzene rings is 1. The minimum atomic E-state index is -0.205. The number of hydrogen-bond acceptors (Lipinski definition) is 2. The fourth-order valence-electron chi connectivity index (χ4n) is 1.47. The predicted octanol–water partition coefficient (Wildman–Crippen LogP) is 4.35. The molecule has 0 spiro atoms. The van der Waals surface area contributed by atoms with Crippen LogP contribution in [0.25, 0.3) is 0 Å². The van der Waals surface area contributed by atoms with Gasteiger partial charge in [0.1, 0.15) is 5.82 Å². The van der Waals surface area contributed by atoms with Gasteiger partial charge in [0.25, 0.3) is 0 Å². The average Bonchev–Trinajstić information content (AvgIpc) is 2.69. The molecule has 1 aromatic carbocycles. The third-order valence-electron chi connectivity index (χ3n) is 2.55. The highest BCUT2D eigenvalue weighted by Gasteiger charge is 2.08. The van der Waals surface area contributed by atoms with E-state index < -0.39 is 0 Å². The van der Waals surface area contributed by atoms with E-state index in [1.165, 1.54) is 17.8 Å². The second-order valence-corrected chi connectivity index (χ2v) is 5.87. The maximum absolute atomic E-state index is 13.6. The Hall–Kier alpha value is -0.520. The summed E-state index contributed by atoms with van der Waals surface area (Å²) in [5.41, 5.74) is 1.62. The summed E-state index contributed by atoms with van der Waals surface area (Å²) in [7, 11) is 1.91. The highest BCUT2D eigenvalue weighted by molar-refractivity contribution is 9.10. The van der Waals surface area contributed by atoms with E-state index in [2.05, 4.69) is 20.9 Å². The Bertz CT molecular complexity index is 559. The molecule has 0 aliphatic rings. The third kappa shape index (κ3) is 3.08. The molecular formula is C12H11BrClFN2S. The van der Waals surface area contributed by atoms with Crippen molar-refractivity contribution in [3.63, 3.8) is 0 Å². The molecule has 0 bridgehead atoms. The van der Waals surface area contributed by atoms with Gasteiger partial charge >= 0.3 is 0 Å². The van der Waals surface area contributed by atoms with Crippen LogP contribution in [0.2, 0.25) is 0 Å². The number of halogens is 3. The second-order valence-electron chi connectivity index (χ2n) is 3.75. The predicted molar refractivity (Wildman–Crippen MR) is 76.4 cm³/mol. The van der Waals surface area contributed by atoms with E-state index in [0.717, 1.165) is 15.3 Å². The summed E-state index contributed by atoms with van der Waals surface area (Å²) < 4.78 is 16.3. The van der Waals surface area contributed by atoms with Crippen LogP contribution < -0.4 is 0 Å². The largest absolute Gasteiger partial charge is 0.325 e. The van der Waals surface area contributed by atoms with Crippen molar-refractivity contribution < 1.29 is 4.39 Å². The van der Waals surface area contributed by atoms with Crippen molar-refractivity contribution in [1.82, 2.24) is 9.55 Å². The molecule has 0 N–H and O–H groups in total. The van der Waals surface area contributed by atoms with Crippen molar-refractivity contribution in [2.24, 2.45) is 7.05 Å². The number of alkyl halides is 1. The standard InChI is InChI=1S/C12H11BrClFN2S/c1-17-10(5-14)6-16-12(17)18-7-8-2-3-9(13)4-11(8)15/h2-4,6H,5,7H2,1H3. The molecule has 6 heteroatoms. The Morgan fingerprint density at radius 1 is 1.50 bits per heavy atom. The fraction of sp³-hybridized carbons (Fsp3) is 0.250. The fourth-order valence-corrected chi connectivity index (χ4v) is 3.00. The van der Waals surface area contributed by atoms with Gasteiger partial charge in [0.15, 0.2) is 5.16 Å². The normalized spacial score (nSPS) is 10.9. The molecule has 0 fully saturated rings. The molecule has 0 radical (unpaired) electrons. The number of imidazole rings is 1. The van der Waals surface area contributed by atoms with Crippen LogP contribution >= 0.6 is 39.3 Å². The van der Waals surface area contributed by atoms with E-state index >= 15 is 0 Å². The van der Waals surface area contributed by atoms with Gasteiger partial charge in [-0.1, -0.05) is 33.8 Å². The topological polar surface area (TPSA) is 17.8 Å². The van der Waals surface area contributed by atoms with Crippen LogP contribution in [0.4, 0.5) is 4.39 Å². The molecular weight excluding hydrogens is 339 g/mol. The summed E-state index contributed by atoms with van der Waals surface area (Å²) in [5.74, 6) is 0.770. The van der Waals surface area contributed by atoms with Crippen LogP contribution in [-0.4, -0.2) is 9.55 Å². The van der Waals surface area contributed by atoms with Gasteiger partial charge in [-0.2, -0.15) is 0 Å². The molecule has 0 unspecified atom stereocenters. The SMILES string of the molecule is Cn1c(CCl)cnc1SCc1ccc(Br)cc1F. The van der Waals surface area contributed by atoms with Crippen molar-refractivity contribution in [2.45, 2.75) is 16.8 Å². The molecule has 18 heavy (non-hydrogen) atoms. The maximum atomic E-state index is 13.6. The quantitative estimate of drug-likeness (QED) is 0.603. The molecule has 96 valence electrons. The molecule has 2 aromatic rings. The number of aromatic nitrogens is 2. The minimum Gasteiger partial charge on any atom is -0.325 e. The molecule has 0 amide bonds. The van der Waals surface area contributed by atoms with Crippen molar-refractivity contribution in [1.29, 1.82) is 0 Å². The Balaban J connectivity index is 2.09. The summed E-state index contributed by atoms with van der Waals surface area (Å²) in [5, 5.41) is 0.841. The van der Waals surface area contributed by atoms with Gasteiger partial charge in [0, 0.05) is 17.3 Å². The summed E-state index contributed by atoms with van der Waals surface area (Å²) in [4.78, 5) is 4.26. The zero-order chi connectivity index (χ0) is 13.1. The first-order valence-corrected chi connectivity index (χ1v) is 7.56. The van der Waals surface area contributed by atoms with Crippen LogP contribution in [-0.2, 0) is 18.7 Å². The Labute approximate surface area is 123 Å². The second kappa shape index (κ2) is 6.08. The first kappa shape index (κ1) is 13.9. The van der Waals surface area contributed by atoms with E-state index in [1.54, 1.807) is 12.3 Å². The Kier molecular flexibility index (Phi) is 4.70. The van der Waals surface area contributed by atoms with Crippen molar-refractivity contribution >= 4 is 39.3 Å². The van der Waals surface area contributed by atoms with Crippen LogP contribution in [0.15, 0.2) is 34.0 Å². The van der Waals surface area contributed by atoms with E-state index in [0.29, 0.717) is 17.2 Å². The number of thioether (sulfide) groups is 1. The smallest absolute Gasteiger partial charge is 0.168 e. The van der Waals surface area contributed by atoms with Crippen molar-refractivity contribution in [3.8, 4) is 0 Å². The third-order valence-corrected chi connectivity index (χ3v) is 4.41. The van der Waals surface area contributed by atoms with Crippen LogP contribution in [0.5, 0.6) is 0 Å². The molecule has 2 nitrogen and oxygen atoms in total. The summed E-state index contributed by atoms with van der Waals surface area (Å²) in [6, 6.07) is 5.08. The van der Waals surface area contributed by atoms with Crippen LogP contribution in [0, 0.1) is 5.82 Å². The lowest BCUT2D eigenvalue weighted by Crippen LogP contribution is -1.96. The summed E-state index contributed by atoms with van der Waals surface area (Å²) >= 11 is 10.5. The molecule has 0 aliphatic heterocycles. The average molecular weight is 350 g/mol. The van der Waals surface area contributed by atoms with Gasteiger partial charge in [-0.25, -0.2) is 9.37 Å². The first-order valence-electron chi connectivity index (χ1n) is 5.25. The van der Waals surface area contributed by atoms with Gasteiger partial charge in [0.2, 0.25) is 0 Å². The Morgan fingerprint density at radius 3 is 2.89 bits per heavy atom. The molecule has 0 saturated heterocycles. The maximum Gasteiger partial charge on any atom is 0.168 e. The van der Waals surface area contributed by atoms with Crippen molar-refractivity contribution in [3.05, 3.63) is 45.9 Å². The lowest BCUT2D eigenvalue weighted by molar-refractivity contribution is 0.616. The van der Waals surface area contributed by atoms with Gasteiger partial charge in [-0.15, -0.1) is 11.6 Å². The van der Waals surface area contributed by atoms with E-state index in [1.807, 2.05) is 17.7 Å². The summed E-state index contributed by atoms with van der Waals surface area (Å²) in [6.45, 7) is 0. The van der Waals surface area contributed by atoms with E-state index in [9.17, 15) is 4.39 Å². The van der Waals surface area contributed by atoms with Gasteiger partial charge in [0.05, 0.1) is 17.8 Å². The van der Waals surface area contributed by atoms with Crippen molar-refractivity contribution in [2.75, 3.05) is 0 Å². The highest BCUT2D eigenvalue weighted by Crippen LogP contribution is 2.25. The highest BCUT2D eigenvalue weighted by atomic mass is 79.9. The molecule has 1 heterocycles. The zero-order valence-corrected chi connectivity index (χ0v) is 12.8. The van der Waals surface area contributed by atoms with Gasteiger partial charge in [-0.05, 0) is 17.7 Å². The monoisotopic (exact) mass is 348 g/mol. The van der Waals surface area contributed by atoms with E-state index in [4.69, 9.17) is 11.6 Å². The Morgan fingerprint density at radius 2 is 2.28 bits per heavy atom. The first-order chi connectivity index (χ1) is 8.61. The molecule has 0 atom stereocenters. The lowest BCUT2D eigenvalue weighted by Gasteiger charge is -2.05. The summed E-state index contributed by atoms with van der Waals surface area (Å²) in [6.07, 6.45) is 1.74. The number of hydrogen-bond donors (Lipinski definition) is 0. The van der Waals surface area contributed by atoms with Gasteiger partial charge in [-0.3, -0.25) is 0 Å². The zero-order valence-electron chi connectivity index (χ0n) is 9.66. The lowest BCUT2D eigenvalue weighted by atomic mass is 10.2. The number of rotatable bonds is 4. The van der Waals surface area contributed by atoms with Crippen LogP contribution in [0.1, 0.15) is 11.3 Å². The van der Waals surface area contributed by atoms with E-state index in [-0.39, 0.29) is 5.82 Å². The van der Waals surface area contributed by atoms with Crippen LogP contribution in [0.3, 0.4) is 0 Å². The molecule has 0 saturated carbocycles. The van der Waals surface area contributed by atoms with Gasteiger partial charge < -0.3 is 4.57 Å². The molecule has 1 aromatic heterocycles.